The largest absolute Gasteiger partial charge is 0.504 e. The lowest BCUT2D eigenvalue weighted by Gasteiger charge is -2.13. The summed E-state index contributed by atoms with van der Waals surface area (Å²) < 4.78 is 30.7. The van der Waals surface area contributed by atoms with Crippen LogP contribution in [0, 0.1) is 0 Å². The van der Waals surface area contributed by atoms with Crippen molar-refractivity contribution in [1.29, 1.82) is 0 Å². The van der Waals surface area contributed by atoms with Crippen molar-refractivity contribution in [1.82, 2.24) is 5.32 Å². The van der Waals surface area contributed by atoms with Crippen molar-refractivity contribution in [2.75, 3.05) is 13.1 Å². The number of sulfone groups is 1. The summed E-state index contributed by atoms with van der Waals surface area (Å²) in [5.74, 6) is -1.21. The predicted molar refractivity (Wildman–Crippen MR) is 124 cm³/mol. The van der Waals surface area contributed by atoms with Gasteiger partial charge in [0.05, 0.1) is 15.9 Å². The molecule has 0 amide bonds. The lowest BCUT2D eigenvalue weighted by molar-refractivity contribution is -0.132. The topological polar surface area (TPSA) is 113 Å². The molecule has 1 atom stereocenters. The lowest BCUT2D eigenvalue weighted by Crippen LogP contribution is -2.23. The summed E-state index contributed by atoms with van der Waals surface area (Å²) in [4.78, 5) is 11.1. The van der Waals surface area contributed by atoms with Crippen molar-refractivity contribution in [3.8, 4) is 11.5 Å². The van der Waals surface area contributed by atoms with E-state index in [0.717, 1.165) is 24.1 Å². The van der Waals surface area contributed by atoms with Crippen LogP contribution in [0.25, 0.3) is 0 Å². The number of aromatic hydroxyl groups is 1. The van der Waals surface area contributed by atoms with Gasteiger partial charge in [-0.05, 0) is 60.5 Å². The lowest BCUT2D eigenvalue weighted by atomic mass is 10.1. The number of aliphatic hydroxyl groups excluding tert-OH is 1. The smallest absolute Gasteiger partial charge is 0.308 e. The molecule has 174 valence electrons. The maximum absolute atomic E-state index is 12.9. The second-order valence-corrected chi connectivity index (χ2v) is 9.78. The van der Waals surface area contributed by atoms with E-state index in [-0.39, 0.29) is 21.3 Å². The highest BCUT2D eigenvalue weighted by molar-refractivity contribution is 7.91. The Balaban J connectivity index is 1.60. The molecule has 0 aliphatic rings. The van der Waals surface area contributed by atoms with Crippen molar-refractivity contribution in [2.24, 2.45) is 0 Å². The molecule has 9 heteroatoms. The SMILES string of the molecule is CC(=O)Oc1cc(S(=O)(=O)c2ccc(CCNC[C@H](O)c3cccc(Cl)c3)cc2)ccc1O. The first-order valence-corrected chi connectivity index (χ1v) is 12.0. The Morgan fingerprint density at radius 1 is 1.06 bits per heavy atom. The molecule has 3 aromatic rings. The Hall–Kier alpha value is -2.91. The van der Waals surface area contributed by atoms with Gasteiger partial charge in [0.15, 0.2) is 11.5 Å². The van der Waals surface area contributed by atoms with Crippen molar-refractivity contribution >= 4 is 27.4 Å². The van der Waals surface area contributed by atoms with E-state index in [1.165, 1.54) is 24.3 Å². The van der Waals surface area contributed by atoms with Crippen LogP contribution in [-0.4, -0.2) is 37.7 Å². The van der Waals surface area contributed by atoms with Gasteiger partial charge in [-0.3, -0.25) is 4.79 Å². The van der Waals surface area contributed by atoms with E-state index in [9.17, 15) is 23.4 Å². The van der Waals surface area contributed by atoms with Crippen LogP contribution in [0.1, 0.15) is 24.2 Å². The third-order valence-corrected chi connectivity index (χ3v) is 6.89. The standard InChI is InChI=1S/C24H24ClNO6S/c1-16(27)32-24-14-21(9-10-22(24)28)33(30,31)20-7-5-17(6-8-20)11-12-26-15-23(29)18-3-2-4-19(25)13-18/h2-10,13-14,23,26,28-29H,11-12,15H2,1H3/t23-/m0/s1. The zero-order valence-electron chi connectivity index (χ0n) is 17.9. The Morgan fingerprint density at radius 2 is 1.76 bits per heavy atom. The van der Waals surface area contributed by atoms with Crippen LogP contribution in [0.4, 0.5) is 0 Å². The molecule has 0 radical (unpaired) electrons. The van der Waals surface area contributed by atoms with E-state index in [1.807, 2.05) is 0 Å². The van der Waals surface area contributed by atoms with Gasteiger partial charge >= 0.3 is 5.97 Å². The van der Waals surface area contributed by atoms with Crippen LogP contribution in [0.2, 0.25) is 5.02 Å². The minimum atomic E-state index is -3.86. The number of hydrogen-bond donors (Lipinski definition) is 3. The fourth-order valence-electron chi connectivity index (χ4n) is 3.17. The van der Waals surface area contributed by atoms with Gasteiger partial charge in [0.2, 0.25) is 9.84 Å². The molecule has 0 unspecified atom stereocenters. The molecule has 0 aliphatic carbocycles. The van der Waals surface area contributed by atoms with E-state index in [4.69, 9.17) is 16.3 Å². The van der Waals surface area contributed by atoms with Crippen LogP contribution >= 0.6 is 11.6 Å². The summed E-state index contributed by atoms with van der Waals surface area (Å²) in [7, 11) is -3.86. The maximum atomic E-state index is 12.9. The number of aliphatic hydroxyl groups is 1. The third kappa shape index (κ3) is 6.55. The average Bonchev–Trinajstić information content (AvgIpc) is 2.78. The summed E-state index contributed by atoms with van der Waals surface area (Å²) >= 11 is 5.94. The Kier molecular flexibility index (Phi) is 8.10. The molecule has 0 aromatic heterocycles. The minimum Gasteiger partial charge on any atom is -0.504 e. The molecule has 0 saturated heterocycles. The summed E-state index contributed by atoms with van der Waals surface area (Å²) in [6, 6.07) is 17.0. The number of rotatable bonds is 9. The van der Waals surface area contributed by atoms with E-state index in [2.05, 4.69) is 5.32 Å². The van der Waals surface area contributed by atoms with E-state index >= 15 is 0 Å². The zero-order chi connectivity index (χ0) is 24.0. The highest BCUT2D eigenvalue weighted by Gasteiger charge is 2.20. The fraction of sp³-hybridized carbons (Fsp3) is 0.208. The number of phenolic OH excluding ortho intramolecular Hbond substituents is 1. The number of ether oxygens (including phenoxy) is 1. The van der Waals surface area contributed by atoms with Gasteiger partial charge in [-0.15, -0.1) is 0 Å². The quantitative estimate of drug-likeness (QED) is 0.239. The minimum absolute atomic E-state index is 0.0788. The summed E-state index contributed by atoms with van der Waals surface area (Å²) in [5.41, 5.74) is 1.65. The van der Waals surface area contributed by atoms with E-state index < -0.39 is 21.9 Å². The molecule has 0 bridgehead atoms. The molecule has 0 saturated carbocycles. The average molecular weight is 490 g/mol. The summed E-state index contributed by atoms with van der Waals surface area (Å²) in [5, 5.41) is 23.7. The Labute approximate surface area is 197 Å². The number of carbonyl (C=O) groups is 1. The zero-order valence-corrected chi connectivity index (χ0v) is 19.4. The molecular weight excluding hydrogens is 466 g/mol. The van der Waals surface area contributed by atoms with Gasteiger partial charge in [0, 0.05) is 24.6 Å². The molecule has 3 aromatic carbocycles. The van der Waals surface area contributed by atoms with Crippen molar-refractivity contribution in [3.63, 3.8) is 0 Å². The fourth-order valence-corrected chi connectivity index (χ4v) is 4.65. The first kappa shape index (κ1) is 24.7. The molecule has 33 heavy (non-hydrogen) atoms. The first-order valence-electron chi connectivity index (χ1n) is 10.2. The van der Waals surface area contributed by atoms with Crippen LogP contribution in [0.5, 0.6) is 11.5 Å². The van der Waals surface area contributed by atoms with Crippen molar-refractivity contribution in [2.45, 2.75) is 29.2 Å². The Bertz CT molecular complexity index is 1230. The Morgan fingerprint density at radius 3 is 2.42 bits per heavy atom. The van der Waals surface area contributed by atoms with Gasteiger partial charge in [-0.1, -0.05) is 35.9 Å². The van der Waals surface area contributed by atoms with Gasteiger partial charge < -0.3 is 20.3 Å². The summed E-state index contributed by atoms with van der Waals surface area (Å²) in [6.07, 6.45) is -0.0447. The van der Waals surface area contributed by atoms with Crippen molar-refractivity contribution < 1.29 is 28.2 Å². The van der Waals surface area contributed by atoms with Gasteiger partial charge in [0.1, 0.15) is 0 Å². The molecule has 0 aliphatic heterocycles. The summed E-state index contributed by atoms with van der Waals surface area (Å²) in [6.45, 7) is 2.11. The monoisotopic (exact) mass is 489 g/mol. The van der Waals surface area contributed by atoms with Gasteiger partial charge in [-0.2, -0.15) is 0 Å². The third-order valence-electron chi connectivity index (χ3n) is 4.89. The number of halogens is 1. The van der Waals surface area contributed by atoms with Gasteiger partial charge in [0.25, 0.3) is 0 Å². The first-order chi connectivity index (χ1) is 15.7. The number of esters is 1. The molecule has 3 N–H and O–H groups in total. The second-order valence-electron chi connectivity index (χ2n) is 7.40. The van der Waals surface area contributed by atoms with Crippen LogP contribution in [-0.2, 0) is 21.1 Å². The van der Waals surface area contributed by atoms with E-state index in [0.29, 0.717) is 24.5 Å². The molecule has 0 heterocycles. The molecule has 0 fully saturated rings. The molecule has 3 rings (SSSR count). The highest BCUT2D eigenvalue weighted by atomic mass is 35.5. The number of hydrogen-bond acceptors (Lipinski definition) is 7. The van der Waals surface area contributed by atoms with E-state index in [1.54, 1.807) is 36.4 Å². The van der Waals surface area contributed by atoms with Crippen LogP contribution in [0.3, 0.4) is 0 Å². The molecular formula is C24H24ClNO6S. The number of phenols is 1. The van der Waals surface area contributed by atoms with Crippen LogP contribution in [0.15, 0.2) is 76.5 Å². The second kappa shape index (κ2) is 10.8. The highest BCUT2D eigenvalue weighted by Crippen LogP contribution is 2.31. The van der Waals surface area contributed by atoms with Crippen molar-refractivity contribution in [3.05, 3.63) is 82.9 Å². The normalized spacial score (nSPS) is 12.3. The van der Waals surface area contributed by atoms with Gasteiger partial charge in [-0.25, -0.2) is 8.42 Å². The number of nitrogens with one attached hydrogen (secondary N) is 1. The number of carbonyl (C=O) groups excluding carboxylic acids is 1. The van der Waals surface area contributed by atoms with Crippen LogP contribution < -0.4 is 10.1 Å². The molecule has 7 nitrogen and oxygen atoms in total. The number of benzene rings is 3. The predicted octanol–water partition coefficient (Wildman–Crippen LogP) is 3.67. The maximum Gasteiger partial charge on any atom is 0.308 e. The molecule has 0 spiro atoms.